The van der Waals surface area contributed by atoms with E-state index in [4.69, 9.17) is 0 Å². The topological polar surface area (TPSA) is 21.9 Å². The molecule has 0 saturated carbocycles. The van der Waals surface area contributed by atoms with E-state index < -0.39 is 5.41 Å². The van der Waals surface area contributed by atoms with Gasteiger partial charge in [0, 0.05) is 37.5 Å². The number of hydrogen-bond donors (Lipinski definition) is 1. The van der Waals surface area contributed by atoms with Gasteiger partial charge in [-0.15, -0.1) is 0 Å². The highest BCUT2D eigenvalue weighted by Crippen LogP contribution is 2.61. The molecule has 218 valence electrons. The van der Waals surface area contributed by atoms with Gasteiger partial charge in [-0.2, -0.15) is 0 Å². The van der Waals surface area contributed by atoms with E-state index in [-0.39, 0.29) is 0 Å². The second kappa shape index (κ2) is 9.53. The van der Waals surface area contributed by atoms with Crippen LogP contribution in [0, 0.1) is 0 Å². The van der Waals surface area contributed by atoms with Gasteiger partial charge >= 0.3 is 0 Å². The maximum atomic E-state index is 3.57. The summed E-state index contributed by atoms with van der Waals surface area (Å²) in [5.41, 5.74) is 14.6. The molecule has 8 aromatic rings. The van der Waals surface area contributed by atoms with E-state index >= 15 is 0 Å². The standard InChI is InChI=1S/C42H29N3S/c1-2-3-12-26-43-45-35-21-9-5-15-29(35)39-37(45)25-24-33-41(39)46-38-23-11-7-18-31(38)42(33)30-17-6-10-22-36(30)44-34-20-8-4-14-27(34)28-16-13-19-32(42)40(28)44/h2-26,43H,1H3/b3-2-,26-12-. The van der Waals surface area contributed by atoms with Gasteiger partial charge in [0.1, 0.15) is 0 Å². The van der Waals surface area contributed by atoms with Gasteiger partial charge in [-0.05, 0) is 65.6 Å². The molecular formula is C42H29N3S. The third-order valence-corrected chi connectivity index (χ3v) is 11.2. The minimum Gasteiger partial charge on any atom is -0.309 e. The first-order chi connectivity index (χ1) is 22.8. The Morgan fingerprint density at radius 1 is 0.587 bits per heavy atom. The predicted molar refractivity (Wildman–Crippen MR) is 193 cm³/mol. The molecule has 0 saturated heterocycles. The molecule has 3 nitrogen and oxygen atoms in total. The number of allylic oxidation sites excluding steroid dienone is 3. The van der Waals surface area contributed by atoms with Crippen molar-refractivity contribution >= 4 is 55.4 Å². The first kappa shape index (κ1) is 25.8. The van der Waals surface area contributed by atoms with Crippen LogP contribution in [-0.4, -0.2) is 9.24 Å². The minimum atomic E-state index is -0.492. The Labute approximate surface area is 271 Å². The average molecular weight is 608 g/mol. The van der Waals surface area contributed by atoms with Crippen molar-refractivity contribution in [3.05, 3.63) is 174 Å². The third-order valence-electron chi connectivity index (χ3n) is 9.95. The molecule has 10 rings (SSSR count). The number of hydrogen-bond acceptors (Lipinski definition) is 2. The average Bonchev–Trinajstić information content (AvgIpc) is 3.62. The molecule has 0 aliphatic carbocycles. The quantitative estimate of drug-likeness (QED) is 0.202. The van der Waals surface area contributed by atoms with Crippen LogP contribution in [0.5, 0.6) is 0 Å². The number of fused-ring (bicyclic) bond motifs is 15. The largest absolute Gasteiger partial charge is 0.309 e. The SMILES string of the molecule is C/C=C\C=C/Nn1c2ccccc2c2c3c(ccc21)C1(c2ccccc2S3)c2ccccc2-n2c3ccccc3c3cccc1c32. The van der Waals surface area contributed by atoms with E-state index in [1.54, 1.807) is 0 Å². The molecule has 1 spiro atoms. The molecule has 0 bridgehead atoms. The summed E-state index contributed by atoms with van der Waals surface area (Å²) in [4.78, 5) is 2.62. The normalized spacial score (nSPS) is 16.6. The molecule has 4 heteroatoms. The molecule has 2 aromatic heterocycles. The number of benzene rings is 6. The van der Waals surface area contributed by atoms with Gasteiger partial charge in [0.2, 0.25) is 0 Å². The van der Waals surface area contributed by atoms with Gasteiger partial charge in [-0.1, -0.05) is 121 Å². The van der Waals surface area contributed by atoms with Gasteiger partial charge < -0.3 is 9.99 Å². The Bertz CT molecular complexity index is 2620. The van der Waals surface area contributed by atoms with Gasteiger partial charge in [0.15, 0.2) is 0 Å². The molecule has 0 radical (unpaired) electrons. The van der Waals surface area contributed by atoms with Crippen molar-refractivity contribution in [3.63, 3.8) is 0 Å². The molecule has 1 N–H and O–H groups in total. The Hall–Kier alpha value is -5.45. The second-order valence-corrected chi connectivity index (χ2v) is 13.2. The van der Waals surface area contributed by atoms with E-state index in [0.717, 1.165) is 5.52 Å². The zero-order chi connectivity index (χ0) is 30.4. The van der Waals surface area contributed by atoms with Gasteiger partial charge in [-0.3, -0.25) is 4.68 Å². The van der Waals surface area contributed by atoms with Crippen molar-refractivity contribution < 1.29 is 0 Å². The van der Waals surface area contributed by atoms with Crippen LogP contribution >= 0.6 is 11.8 Å². The van der Waals surface area contributed by atoms with Crippen molar-refractivity contribution in [3.8, 4) is 5.69 Å². The van der Waals surface area contributed by atoms with E-state index in [0.29, 0.717) is 0 Å². The zero-order valence-corrected chi connectivity index (χ0v) is 26.1. The summed E-state index contributed by atoms with van der Waals surface area (Å²) in [5.74, 6) is 0. The lowest BCUT2D eigenvalue weighted by molar-refractivity contribution is 0.692. The lowest BCUT2D eigenvalue weighted by Gasteiger charge is -2.45. The van der Waals surface area contributed by atoms with Crippen LogP contribution in [0.4, 0.5) is 0 Å². The van der Waals surface area contributed by atoms with Gasteiger partial charge in [-0.25, -0.2) is 0 Å². The lowest BCUT2D eigenvalue weighted by atomic mass is 9.62. The molecule has 4 heterocycles. The van der Waals surface area contributed by atoms with E-state index in [1.165, 1.54) is 75.8 Å². The molecule has 0 fully saturated rings. The Morgan fingerprint density at radius 3 is 2.20 bits per heavy atom. The predicted octanol–water partition coefficient (Wildman–Crippen LogP) is 10.7. The second-order valence-electron chi connectivity index (χ2n) is 12.1. The van der Waals surface area contributed by atoms with Crippen LogP contribution in [-0.2, 0) is 5.41 Å². The Morgan fingerprint density at radius 2 is 1.30 bits per heavy atom. The summed E-state index contributed by atoms with van der Waals surface area (Å²) in [7, 11) is 0. The zero-order valence-electron chi connectivity index (χ0n) is 25.2. The molecule has 1 atom stereocenters. The highest BCUT2D eigenvalue weighted by atomic mass is 32.2. The van der Waals surface area contributed by atoms with Crippen molar-refractivity contribution in [1.29, 1.82) is 0 Å². The first-order valence-corrected chi connectivity index (χ1v) is 16.6. The fourth-order valence-corrected chi connectivity index (χ4v) is 9.60. The Balaban J connectivity index is 1.40. The summed E-state index contributed by atoms with van der Waals surface area (Å²) in [6, 6.07) is 47.5. The van der Waals surface area contributed by atoms with Crippen molar-refractivity contribution in [1.82, 2.24) is 9.24 Å². The van der Waals surface area contributed by atoms with Crippen LogP contribution in [0.25, 0.3) is 49.3 Å². The summed E-state index contributed by atoms with van der Waals surface area (Å²) in [6.07, 6.45) is 8.12. The van der Waals surface area contributed by atoms with E-state index in [2.05, 4.69) is 142 Å². The number of nitrogens with zero attached hydrogens (tertiary/aromatic N) is 2. The van der Waals surface area contributed by atoms with E-state index in [9.17, 15) is 0 Å². The summed E-state index contributed by atoms with van der Waals surface area (Å²) in [5, 5.41) is 5.13. The molecule has 2 aliphatic heterocycles. The molecule has 6 aromatic carbocycles. The number of para-hydroxylation sites is 4. The monoisotopic (exact) mass is 607 g/mol. The molecular weight excluding hydrogens is 579 g/mol. The van der Waals surface area contributed by atoms with Crippen LogP contribution in [0.1, 0.15) is 29.2 Å². The molecule has 2 aliphatic rings. The van der Waals surface area contributed by atoms with Crippen molar-refractivity contribution in [2.24, 2.45) is 0 Å². The van der Waals surface area contributed by atoms with Crippen molar-refractivity contribution in [2.45, 2.75) is 22.1 Å². The van der Waals surface area contributed by atoms with Crippen molar-refractivity contribution in [2.75, 3.05) is 5.43 Å². The summed E-state index contributed by atoms with van der Waals surface area (Å²) in [6.45, 7) is 2.03. The van der Waals surface area contributed by atoms with Gasteiger partial charge in [0.05, 0.1) is 33.2 Å². The minimum absolute atomic E-state index is 0.492. The Kier molecular flexibility index (Phi) is 5.35. The molecule has 1 unspecified atom stereocenters. The first-order valence-electron chi connectivity index (χ1n) is 15.8. The fourth-order valence-electron chi connectivity index (χ4n) is 8.26. The number of rotatable bonds is 3. The summed E-state index contributed by atoms with van der Waals surface area (Å²) < 4.78 is 4.74. The van der Waals surface area contributed by atoms with Crippen LogP contribution in [0.15, 0.2) is 162 Å². The highest BCUT2D eigenvalue weighted by molar-refractivity contribution is 7.99. The lowest BCUT2D eigenvalue weighted by Crippen LogP contribution is -2.37. The molecule has 0 amide bonds. The van der Waals surface area contributed by atoms with Gasteiger partial charge in [0.25, 0.3) is 0 Å². The van der Waals surface area contributed by atoms with Crippen LogP contribution < -0.4 is 5.43 Å². The number of nitrogens with one attached hydrogen (secondary N) is 1. The summed E-state index contributed by atoms with van der Waals surface area (Å²) >= 11 is 1.91. The highest BCUT2D eigenvalue weighted by Gasteiger charge is 2.49. The fraction of sp³-hybridized carbons (Fsp3) is 0.0476. The third kappa shape index (κ3) is 3.14. The molecule has 46 heavy (non-hydrogen) atoms. The smallest absolute Gasteiger partial charge is 0.0764 e. The maximum Gasteiger partial charge on any atom is 0.0764 e. The van der Waals surface area contributed by atoms with Crippen LogP contribution in [0.2, 0.25) is 0 Å². The van der Waals surface area contributed by atoms with Crippen LogP contribution in [0.3, 0.4) is 0 Å². The van der Waals surface area contributed by atoms with E-state index in [1.807, 2.05) is 43.1 Å². The maximum absolute atomic E-state index is 3.57. The number of aromatic nitrogens is 2.